The molecule has 2 N–H and O–H groups in total. The van der Waals surface area contributed by atoms with Crippen LogP contribution in [0.1, 0.15) is 40.8 Å². The van der Waals surface area contributed by atoms with Crippen LogP contribution in [-0.4, -0.2) is 63.8 Å². The van der Waals surface area contributed by atoms with Crippen molar-refractivity contribution in [2.24, 2.45) is 9.98 Å². The van der Waals surface area contributed by atoms with Crippen LogP contribution in [0.5, 0.6) is 11.8 Å². The number of furan rings is 2. The predicted octanol–water partition coefficient (Wildman–Crippen LogP) is 6.37. The fourth-order valence-electron chi connectivity index (χ4n) is 5.73. The van der Waals surface area contributed by atoms with Crippen molar-refractivity contribution in [3.8, 4) is 17.4 Å². The predicted molar refractivity (Wildman–Crippen MR) is 198 cm³/mol. The minimum atomic E-state index is -0.274. The summed E-state index contributed by atoms with van der Waals surface area (Å²) in [7, 11) is 3.13. The topological polar surface area (TPSA) is 168 Å². The summed E-state index contributed by atoms with van der Waals surface area (Å²) in [6.45, 7) is 2.56. The molecule has 0 bridgehead atoms. The lowest BCUT2D eigenvalue weighted by Gasteiger charge is -2.20. The van der Waals surface area contributed by atoms with Gasteiger partial charge >= 0.3 is 0 Å². The summed E-state index contributed by atoms with van der Waals surface area (Å²) in [6.07, 6.45) is 1.62. The van der Waals surface area contributed by atoms with E-state index in [0.717, 1.165) is 37.9 Å². The number of fused-ring (bicyclic) bond motifs is 2. The molecule has 268 valence electrons. The van der Waals surface area contributed by atoms with Gasteiger partial charge in [0, 0.05) is 10.8 Å². The zero-order valence-electron chi connectivity index (χ0n) is 28.7. The van der Waals surface area contributed by atoms with Gasteiger partial charge in [-0.25, -0.2) is 30.6 Å². The van der Waals surface area contributed by atoms with Crippen molar-refractivity contribution < 1.29 is 28.0 Å². The number of aromatic nitrogens is 5. The minimum Gasteiger partial charge on any atom is -0.480 e. The highest BCUT2D eigenvalue weighted by Gasteiger charge is 2.25. The van der Waals surface area contributed by atoms with Crippen molar-refractivity contribution in [1.82, 2.24) is 35.7 Å². The number of para-hydroxylation sites is 2. The number of pyridine rings is 2. The number of ether oxygens (including phenoxy) is 2. The number of benzene rings is 2. The first-order chi connectivity index (χ1) is 25.9. The van der Waals surface area contributed by atoms with Gasteiger partial charge in [0.25, 0.3) is 0 Å². The van der Waals surface area contributed by atoms with Gasteiger partial charge in [-0.3, -0.25) is 19.7 Å². The standard InChI is InChI=1S/C20H18N6O3.C17H14BrN3O3/c1-12-21-11-26(24-12)16-8-7-14(23-20(16)27-2)19-22-15(10-28-25-19)18-9-13-5-3-4-6-17(13)29-18;1-22-17-11(18)6-7-12(20-17)16-19-13(9-23-21-16)15-8-10-4-2-3-5-14(10)24-15/h3-9,11,15H,10H2,1-2H3,(H,22,25);2-8,13H,9H2,1H3,(H,19,21). The molecule has 0 radical (unpaired) electrons. The smallest absolute Gasteiger partial charge is 0.240 e. The Bertz CT molecular complexity index is 2410. The van der Waals surface area contributed by atoms with Gasteiger partial charge in [-0.2, -0.15) is 5.10 Å². The van der Waals surface area contributed by atoms with Gasteiger partial charge in [0.2, 0.25) is 11.8 Å². The Morgan fingerprint density at radius 1 is 0.717 bits per heavy atom. The van der Waals surface area contributed by atoms with Crippen molar-refractivity contribution in [2.45, 2.75) is 19.0 Å². The molecule has 0 amide bonds. The van der Waals surface area contributed by atoms with Gasteiger partial charge in [-0.1, -0.05) is 36.4 Å². The Hall–Kier alpha value is -6.10. The normalized spacial score (nSPS) is 16.9. The number of hydroxylamine groups is 2. The van der Waals surface area contributed by atoms with Crippen LogP contribution in [0.15, 0.2) is 115 Å². The van der Waals surface area contributed by atoms with Gasteiger partial charge in [-0.15, -0.1) is 0 Å². The second-order valence-electron chi connectivity index (χ2n) is 11.8. The summed E-state index contributed by atoms with van der Waals surface area (Å²) >= 11 is 3.39. The van der Waals surface area contributed by atoms with E-state index in [1.54, 1.807) is 25.2 Å². The molecule has 2 aliphatic heterocycles. The molecule has 53 heavy (non-hydrogen) atoms. The molecule has 2 aliphatic rings. The largest absolute Gasteiger partial charge is 0.480 e. The van der Waals surface area contributed by atoms with Crippen molar-refractivity contribution in [3.05, 3.63) is 124 Å². The molecule has 0 saturated heterocycles. The molecule has 2 aromatic carbocycles. The number of aliphatic imine (C=N–C) groups is 2. The molecule has 0 saturated carbocycles. The third-order valence-corrected chi connectivity index (χ3v) is 8.92. The first-order valence-electron chi connectivity index (χ1n) is 16.5. The molecule has 0 fully saturated rings. The monoisotopic (exact) mass is 777 g/mol. The molecular formula is C37H32BrN9O6. The molecule has 2 unspecified atom stereocenters. The molecule has 7 aromatic rings. The van der Waals surface area contributed by atoms with E-state index in [2.05, 4.69) is 51.9 Å². The number of aryl methyl sites for hydroxylation is 1. The number of rotatable bonds is 7. The number of amidine groups is 2. The van der Waals surface area contributed by atoms with Gasteiger partial charge in [0.15, 0.2) is 11.7 Å². The molecule has 0 aliphatic carbocycles. The molecule has 0 spiro atoms. The van der Waals surface area contributed by atoms with E-state index in [9.17, 15) is 0 Å². The van der Waals surface area contributed by atoms with Crippen LogP contribution in [-0.2, 0) is 9.68 Å². The summed E-state index contributed by atoms with van der Waals surface area (Å²) < 4.78 is 24.9. The number of methoxy groups -OCH3 is 2. The van der Waals surface area contributed by atoms with Crippen molar-refractivity contribution in [1.29, 1.82) is 0 Å². The third kappa shape index (κ3) is 7.19. The lowest BCUT2D eigenvalue weighted by molar-refractivity contribution is 0.0580. The second-order valence-corrected chi connectivity index (χ2v) is 12.7. The average molecular weight is 779 g/mol. The zero-order chi connectivity index (χ0) is 36.3. The molecule has 5 aromatic heterocycles. The Labute approximate surface area is 310 Å². The number of hydrogen-bond acceptors (Lipinski definition) is 14. The van der Waals surface area contributed by atoms with Crippen molar-refractivity contribution in [2.75, 3.05) is 27.4 Å². The first kappa shape index (κ1) is 34.0. The Balaban J connectivity index is 0.000000154. The Morgan fingerprint density at radius 3 is 1.79 bits per heavy atom. The van der Waals surface area contributed by atoms with Crippen LogP contribution in [0.25, 0.3) is 27.6 Å². The summed E-state index contributed by atoms with van der Waals surface area (Å²) in [5, 5.41) is 6.39. The van der Waals surface area contributed by atoms with Crippen molar-refractivity contribution >= 4 is 49.5 Å². The van der Waals surface area contributed by atoms with Gasteiger partial charge in [0.05, 0.1) is 18.7 Å². The van der Waals surface area contributed by atoms with Crippen LogP contribution in [0.4, 0.5) is 0 Å². The van der Waals surface area contributed by atoms with Gasteiger partial charge in [-0.05, 0) is 71.4 Å². The molecule has 15 nitrogen and oxygen atoms in total. The highest BCUT2D eigenvalue weighted by Crippen LogP contribution is 2.30. The Kier molecular flexibility index (Phi) is 9.54. The summed E-state index contributed by atoms with van der Waals surface area (Å²) in [5.41, 5.74) is 9.22. The number of halogens is 1. The highest BCUT2D eigenvalue weighted by molar-refractivity contribution is 9.10. The van der Waals surface area contributed by atoms with E-state index >= 15 is 0 Å². The molecule has 7 heterocycles. The molecule has 9 rings (SSSR count). The quantitative estimate of drug-likeness (QED) is 0.184. The number of hydrogen-bond donors (Lipinski definition) is 2. The molecule has 2 atom stereocenters. The fourth-order valence-corrected chi connectivity index (χ4v) is 6.11. The maximum atomic E-state index is 5.94. The van der Waals surface area contributed by atoms with E-state index in [1.807, 2.05) is 91.9 Å². The van der Waals surface area contributed by atoms with Crippen LogP contribution in [0, 0.1) is 6.92 Å². The van der Waals surface area contributed by atoms with Crippen LogP contribution in [0.3, 0.4) is 0 Å². The second kappa shape index (κ2) is 14.9. The minimum absolute atomic E-state index is 0.231. The Morgan fingerprint density at radius 2 is 1.26 bits per heavy atom. The summed E-state index contributed by atoms with van der Waals surface area (Å²) in [4.78, 5) is 33.5. The molecular weight excluding hydrogens is 746 g/mol. The zero-order valence-corrected chi connectivity index (χ0v) is 30.3. The van der Waals surface area contributed by atoms with E-state index in [1.165, 1.54) is 0 Å². The maximum Gasteiger partial charge on any atom is 0.240 e. The van der Waals surface area contributed by atoms with E-state index in [-0.39, 0.29) is 12.1 Å². The van der Waals surface area contributed by atoms with E-state index < -0.39 is 0 Å². The van der Waals surface area contributed by atoms with E-state index in [0.29, 0.717) is 59.5 Å². The van der Waals surface area contributed by atoms with E-state index in [4.69, 9.17) is 33.0 Å². The number of nitrogens with one attached hydrogen (secondary N) is 2. The summed E-state index contributed by atoms with van der Waals surface area (Å²) in [5.74, 6) is 4.10. The molecule has 16 heteroatoms. The van der Waals surface area contributed by atoms with Crippen LogP contribution in [0.2, 0.25) is 0 Å². The van der Waals surface area contributed by atoms with Crippen LogP contribution >= 0.6 is 15.9 Å². The third-order valence-electron chi connectivity index (χ3n) is 8.32. The average Bonchev–Trinajstić information content (AvgIpc) is 3.97. The first-order valence-corrected chi connectivity index (χ1v) is 17.3. The summed E-state index contributed by atoms with van der Waals surface area (Å²) in [6, 6.07) is 26.6. The maximum absolute atomic E-state index is 5.94. The van der Waals surface area contributed by atoms with Crippen LogP contribution < -0.4 is 20.4 Å². The van der Waals surface area contributed by atoms with Crippen molar-refractivity contribution in [3.63, 3.8) is 0 Å². The lowest BCUT2D eigenvalue weighted by Crippen LogP contribution is -2.33. The SMILES string of the molecule is COc1nc(C2=NC(c3cc4ccccc4o3)CON2)ccc1-n1cnc(C)n1.COc1nc(C2=NC(c3cc4ccccc4o3)CON2)ccc1Br. The highest BCUT2D eigenvalue weighted by atomic mass is 79.9. The lowest BCUT2D eigenvalue weighted by atomic mass is 10.2. The van der Waals surface area contributed by atoms with Gasteiger partial charge in [0.1, 0.15) is 77.2 Å². The number of nitrogens with zero attached hydrogens (tertiary/aromatic N) is 7. The van der Waals surface area contributed by atoms with Gasteiger partial charge < -0.3 is 18.3 Å². The fraction of sp³-hybridized carbons (Fsp3) is 0.189.